The molecule has 0 saturated heterocycles. The summed E-state index contributed by atoms with van der Waals surface area (Å²) in [5.41, 5.74) is 1.77. The first-order chi connectivity index (χ1) is 12.2. The number of nitrogens with one attached hydrogen (secondary N) is 1. The van der Waals surface area contributed by atoms with Crippen LogP contribution in [0.4, 0.5) is 0 Å². The van der Waals surface area contributed by atoms with Crippen LogP contribution in [-0.2, 0) is 20.4 Å². The Hall–Kier alpha value is -1.21. The summed E-state index contributed by atoms with van der Waals surface area (Å²) in [6.07, 6.45) is 1.16. The van der Waals surface area contributed by atoms with Crippen molar-refractivity contribution in [2.75, 3.05) is 12.0 Å². The van der Waals surface area contributed by atoms with Crippen LogP contribution in [-0.4, -0.2) is 26.3 Å². The lowest BCUT2D eigenvalue weighted by atomic mass is 10.1. The lowest BCUT2D eigenvalue weighted by Crippen LogP contribution is -2.28. The van der Waals surface area contributed by atoms with Crippen LogP contribution in [0.3, 0.4) is 0 Å². The molecule has 0 aliphatic carbocycles. The maximum Gasteiger partial charge on any atom is 0.230 e. The molecule has 2 aromatic carbocycles. The number of thioether (sulfide) groups is 1. The van der Waals surface area contributed by atoms with Crippen molar-refractivity contribution >= 4 is 50.7 Å². The summed E-state index contributed by atoms with van der Waals surface area (Å²) in [5.74, 6) is 0.811. The summed E-state index contributed by atoms with van der Waals surface area (Å²) in [4.78, 5) is 12.4. The van der Waals surface area contributed by atoms with E-state index in [1.807, 2.05) is 13.0 Å². The molecule has 26 heavy (non-hydrogen) atoms. The molecule has 8 heteroatoms. The lowest BCUT2D eigenvalue weighted by Gasteiger charge is -2.15. The molecule has 0 fully saturated rings. The Bertz CT molecular complexity index is 884. The zero-order valence-corrected chi connectivity index (χ0v) is 17.5. The fourth-order valence-corrected chi connectivity index (χ4v) is 4.29. The first-order valence-corrected chi connectivity index (χ1v) is 11.6. The van der Waals surface area contributed by atoms with E-state index in [0.29, 0.717) is 21.6 Å². The van der Waals surface area contributed by atoms with E-state index in [1.54, 1.807) is 36.4 Å². The van der Waals surface area contributed by atoms with Gasteiger partial charge in [-0.1, -0.05) is 41.4 Å². The summed E-state index contributed by atoms with van der Waals surface area (Å²) >= 11 is 13.4. The quantitative estimate of drug-likeness (QED) is 0.700. The van der Waals surface area contributed by atoms with Crippen LogP contribution in [0, 0.1) is 0 Å². The van der Waals surface area contributed by atoms with Crippen molar-refractivity contribution in [3.05, 3.63) is 63.6 Å². The van der Waals surface area contributed by atoms with Crippen molar-refractivity contribution in [2.45, 2.75) is 23.6 Å². The molecule has 1 amide bonds. The number of hydrogen-bond acceptors (Lipinski definition) is 4. The van der Waals surface area contributed by atoms with Gasteiger partial charge in [0.15, 0.2) is 9.84 Å². The molecule has 0 aliphatic heterocycles. The minimum Gasteiger partial charge on any atom is -0.349 e. The number of sulfone groups is 1. The Balaban J connectivity index is 1.85. The number of rotatable bonds is 7. The average molecular weight is 432 g/mol. The molecule has 0 radical (unpaired) electrons. The van der Waals surface area contributed by atoms with Crippen molar-refractivity contribution in [1.82, 2.24) is 5.32 Å². The summed E-state index contributed by atoms with van der Waals surface area (Å²) in [7, 11) is -3.22. The molecule has 0 unspecified atom stereocenters. The highest BCUT2D eigenvalue weighted by Crippen LogP contribution is 2.24. The predicted molar refractivity (Wildman–Crippen MR) is 109 cm³/mol. The Morgan fingerprint density at radius 3 is 2.38 bits per heavy atom. The van der Waals surface area contributed by atoms with Crippen LogP contribution < -0.4 is 5.32 Å². The van der Waals surface area contributed by atoms with Gasteiger partial charge in [0.25, 0.3) is 0 Å². The molecule has 0 bridgehead atoms. The van der Waals surface area contributed by atoms with E-state index in [-0.39, 0.29) is 16.8 Å². The zero-order valence-electron chi connectivity index (χ0n) is 14.3. The average Bonchev–Trinajstić information content (AvgIpc) is 2.56. The van der Waals surface area contributed by atoms with Crippen LogP contribution in [0.1, 0.15) is 24.1 Å². The van der Waals surface area contributed by atoms with Crippen LogP contribution in [0.5, 0.6) is 0 Å². The molecule has 1 N–H and O–H groups in total. The smallest absolute Gasteiger partial charge is 0.230 e. The SMILES string of the molecule is C[C@H](NC(=O)CSCc1ccc(Cl)cc1Cl)c1ccc(S(C)(=O)=O)cc1. The van der Waals surface area contributed by atoms with Crippen LogP contribution in [0.15, 0.2) is 47.4 Å². The topological polar surface area (TPSA) is 63.2 Å². The Morgan fingerprint density at radius 1 is 1.15 bits per heavy atom. The van der Waals surface area contributed by atoms with Crippen molar-refractivity contribution < 1.29 is 13.2 Å². The molecule has 0 aliphatic rings. The molecule has 0 aromatic heterocycles. The highest BCUT2D eigenvalue weighted by molar-refractivity contribution is 7.99. The fraction of sp³-hybridized carbons (Fsp3) is 0.278. The van der Waals surface area contributed by atoms with Gasteiger partial charge in [-0.05, 0) is 42.3 Å². The lowest BCUT2D eigenvalue weighted by molar-refractivity contribution is -0.119. The van der Waals surface area contributed by atoms with E-state index in [9.17, 15) is 13.2 Å². The van der Waals surface area contributed by atoms with Gasteiger partial charge in [0.05, 0.1) is 16.7 Å². The fourth-order valence-electron chi connectivity index (χ4n) is 2.26. The molecule has 0 spiro atoms. The number of hydrogen-bond donors (Lipinski definition) is 1. The van der Waals surface area contributed by atoms with Gasteiger partial charge in [0, 0.05) is 22.1 Å². The van der Waals surface area contributed by atoms with Crippen LogP contribution in [0.25, 0.3) is 0 Å². The molecule has 0 heterocycles. The Morgan fingerprint density at radius 2 is 1.81 bits per heavy atom. The Labute approximate surface area is 168 Å². The monoisotopic (exact) mass is 431 g/mol. The molecule has 1 atom stereocenters. The number of halogens is 2. The third kappa shape index (κ3) is 6.20. The molecule has 4 nitrogen and oxygen atoms in total. The summed E-state index contributed by atoms with van der Waals surface area (Å²) in [6.45, 7) is 1.86. The van der Waals surface area contributed by atoms with Gasteiger partial charge < -0.3 is 5.32 Å². The largest absolute Gasteiger partial charge is 0.349 e. The van der Waals surface area contributed by atoms with Gasteiger partial charge in [-0.25, -0.2) is 8.42 Å². The van der Waals surface area contributed by atoms with Crippen molar-refractivity contribution in [3.63, 3.8) is 0 Å². The van der Waals surface area contributed by atoms with E-state index >= 15 is 0 Å². The third-order valence-corrected chi connectivity index (χ3v) is 6.39. The first kappa shape index (κ1) is 21.1. The highest BCUT2D eigenvalue weighted by atomic mass is 35.5. The molecule has 2 aromatic rings. The van der Waals surface area contributed by atoms with Crippen molar-refractivity contribution in [2.24, 2.45) is 0 Å². The van der Waals surface area contributed by atoms with E-state index in [2.05, 4.69) is 5.32 Å². The summed E-state index contributed by atoms with van der Waals surface area (Å²) in [5, 5.41) is 4.07. The summed E-state index contributed by atoms with van der Waals surface area (Å²) < 4.78 is 23.0. The predicted octanol–water partition coefficient (Wildman–Crippen LogP) is 4.51. The van der Waals surface area contributed by atoms with Crippen molar-refractivity contribution in [1.29, 1.82) is 0 Å². The van der Waals surface area contributed by atoms with E-state index < -0.39 is 9.84 Å². The van der Waals surface area contributed by atoms with Gasteiger partial charge in [0.2, 0.25) is 5.91 Å². The number of amides is 1. The second-order valence-corrected chi connectivity index (χ2v) is 9.70. The first-order valence-electron chi connectivity index (χ1n) is 7.78. The maximum absolute atomic E-state index is 12.1. The number of carbonyl (C=O) groups is 1. The molecular weight excluding hydrogens is 413 g/mol. The number of carbonyl (C=O) groups excluding carboxylic acids is 1. The maximum atomic E-state index is 12.1. The molecule has 0 saturated carbocycles. The Kier molecular flexibility index (Phi) is 7.41. The third-order valence-electron chi connectivity index (χ3n) is 3.69. The molecular formula is C18H19Cl2NO3S2. The summed E-state index contributed by atoms with van der Waals surface area (Å²) in [6, 6.07) is 11.6. The minimum absolute atomic E-state index is 0.0974. The van der Waals surface area contributed by atoms with Gasteiger partial charge in [-0.3, -0.25) is 4.79 Å². The standard InChI is InChI=1S/C18H19Cl2NO3S2/c1-12(13-4-7-16(8-5-13)26(2,23)24)21-18(22)11-25-10-14-3-6-15(19)9-17(14)20/h3-9,12H,10-11H2,1-2H3,(H,21,22)/t12-/m0/s1. The van der Waals surface area contributed by atoms with Gasteiger partial charge in [-0.2, -0.15) is 0 Å². The molecule has 2 rings (SSSR count). The second kappa shape index (κ2) is 9.13. The highest BCUT2D eigenvalue weighted by Gasteiger charge is 2.12. The zero-order chi connectivity index (χ0) is 19.3. The van der Waals surface area contributed by atoms with Gasteiger partial charge in [0.1, 0.15) is 0 Å². The molecule has 140 valence electrons. The van der Waals surface area contributed by atoms with Gasteiger partial charge in [-0.15, -0.1) is 11.8 Å². The van der Waals surface area contributed by atoms with E-state index in [0.717, 1.165) is 17.4 Å². The second-order valence-electron chi connectivity index (χ2n) is 5.86. The minimum atomic E-state index is -3.22. The van der Waals surface area contributed by atoms with E-state index in [1.165, 1.54) is 11.8 Å². The van der Waals surface area contributed by atoms with Crippen molar-refractivity contribution in [3.8, 4) is 0 Å². The normalized spacial score (nSPS) is 12.6. The van der Waals surface area contributed by atoms with Crippen LogP contribution >= 0.6 is 35.0 Å². The van der Waals surface area contributed by atoms with Crippen LogP contribution in [0.2, 0.25) is 10.0 Å². The van der Waals surface area contributed by atoms with Gasteiger partial charge >= 0.3 is 0 Å². The van der Waals surface area contributed by atoms with E-state index in [4.69, 9.17) is 23.2 Å². The number of benzene rings is 2.